The van der Waals surface area contributed by atoms with Crippen molar-refractivity contribution in [1.82, 2.24) is 15.2 Å². The third kappa shape index (κ3) is 5.09. The molecule has 1 heterocycles. The minimum atomic E-state index is -0.442. The first-order valence-electron chi connectivity index (χ1n) is 8.70. The number of carbonyl (C=O) groups is 1. The van der Waals surface area contributed by atoms with Crippen molar-refractivity contribution >= 4 is 34.1 Å². The van der Waals surface area contributed by atoms with Gasteiger partial charge in [0, 0.05) is 22.5 Å². The molecule has 0 aliphatic heterocycles. The number of hydrogen-bond acceptors (Lipinski definition) is 9. The van der Waals surface area contributed by atoms with Crippen molar-refractivity contribution in [2.24, 2.45) is 5.10 Å². The Bertz CT molecular complexity index is 1090. The Morgan fingerprint density at radius 3 is 2.63 bits per heavy atom. The monoisotopic (exact) mass is 471 g/mol. The van der Waals surface area contributed by atoms with Gasteiger partial charge in [-0.2, -0.15) is 10.2 Å². The predicted octanol–water partition coefficient (Wildman–Crippen LogP) is 3.69. The number of ether oxygens (including phenoxy) is 3. The van der Waals surface area contributed by atoms with Gasteiger partial charge in [-0.3, -0.25) is 4.79 Å². The number of carbonyl (C=O) groups excluding carboxylic acids is 1. The molecule has 0 atom stereocenters. The van der Waals surface area contributed by atoms with E-state index in [4.69, 9.17) is 14.2 Å². The van der Waals surface area contributed by atoms with Crippen LogP contribution in [-0.4, -0.2) is 41.6 Å². The summed E-state index contributed by atoms with van der Waals surface area (Å²) in [6.45, 7) is 1.32. The quantitative estimate of drug-likeness (QED) is 0.240. The number of benzene rings is 2. The number of anilines is 1. The molecule has 30 heavy (non-hydrogen) atoms. The molecule has 0 aliphatic rings. The summed E-state index contributed by atoms with van der Waals surface area (Å²) in [5.41, 5.74) is 4.81. The van der Waals surface area contributed by atoms with Gasteiger partial charge in [0.2, 0.25) is 0 Å². The van der Waals surface area contributed by atoms with E-state index in [-0.39, 0.29) is 5.95 Å². The molecule has 0 radical (unpaired) electrons. The summed E-state index contributed by atoms with van der Waals surface area (Å²) >= 11 is 3.42. The molecule has 0 unspecified atom stereocenters. The molecule has 9 nitrogen and oxygen atoms in total. The van der Waals surface area contributed by atoms with Crippen molar-refractivity contribution in [2.75, 3.05) is 19.6 Å². The number of para-hydroxylation sites is 1. The van der Waals surface area contributed by atoms with Crippen LogP contribution in [0.4, 0.5) is 5.95 Å². The average molecular weight is 472 g/mol. The summed E-state index contributed by atoms with van der Waals surface area (Å²) in [6.07, 6.45) is 3.09. The third-order valence-corrected chi connectivity index (χ3v) is 4.53. The highest BCUT2D eigenvalue weighted by Crippen LogP contribution is 2.33. The van der Waals surface area contributed by atoms with Gasteiger partial charge in [0.1, 0.15) is 5.75 Å². The molecule has 0 saturated heterocycles. The van der Waals surface area contributed by atoms with Gasteiger partial charge in [-0.25, -0.2) is 10.4 Å². The lowest BCUT2D eigenvalue weighted by molar-refractivity contribution is -0.132. The van der Waals surface area contributed by atoms with E-state index in [2.05, 4.69) is 41.6 Å². The summed E-state index contributed by atoms with van der Waals surface area (Å²) in [5.74, 6) is 1.15. The highest BCUT2D eigenvalue weighted by atomic mass is 79.9. The van der Waals surface area contributed by atoms with Gasteiger partial charge < -0.3 is 14.2 Å². The fraction of sp³-hybridized carbons (Fsp3) is 0.150. The number of methoxy groups -OCH3 is 2. The summed E-state index contributed by atoms with van der Waals surface area (Å²) < 4.78 is 16.4. The summed E-state index contributed by atoms with van der Waals surface area (Å²) in [5, 5.41) is 12.0. The van der Waals surface area contributed by atoms with Gasteiger partial charge in [0.05, 0.1) is 32.3 Å². The molecule has 0 spiro atoms. The Kier molecular flexibility index (Phi) is 6.91. The molecule has 1 N–H and O–H groups in total. The Morgan fingerprint density at radius 2 is 1.90 bits per heavy atom. The summed E-state index contributed by atoms with van der Waals surface area (Å²) in [7, 11) is 3.08. The normalized spacial score (nSPS) is 10.7. The first-order valence-corrected chi connectivity index (χ1v) is 9.49. The summed E-state index contributed by atoms with van der Waals surface area (Å²) in [6, 6.07) is 10.8. The van der Waals surface area contributed by atoms with Crippen molar-refractivity contribution in [1.29, 1.82) is 0 Å². The van der Waals surface area contributed by atoms with E-state index in [1.165, 1.54) is 14.0 Å². The van der Waals surface area contributed by atoms with Gasteiger partial charge in [-0.1, -0.05) is 12.1 Å². The molecule has 0 amide bonds. The first kappa shape index (κ1) is 21.2. The number of nitrogens with one attached hydrogen (secondary N) is 1. The van der Waals surface area contributed by atoms with Gasteiger partial charge in [-0.15, -0.1) is 5.10 Å². The summed E-state index contributed by atoms with van der Waals surface area (Å²) in [4.78, 5) is 15.6. The van der Waals surface area contributed by atoms with E-state index in [1.54, 1.807) is 31.7 Å². The molecule has 0 saturated carbocycles. The Hall–Kier alpha value is -3.53. The lowest BCUT2D eigenvalue weighted by atomic mass is 10.1. The Balaban J connectivity index is 1.80. The Morgan fingerprint density at radius 1 is 1.13 bits per heavy atom. The van der Waals surface area contributed by atoms with E-state index in [9.17, 15) is 4.79 Å². The van der Waals surface area contributed by atoms with Crippen LogP contribution in [0.25, 0.3) is 11.3 Å². The average Bonchev–Trinajstić information content (AvgIpc) is 2.75. The van der Waals surface area contributed by atoms with E-state index >= 15 is 0 Å². The van der Waals surface area contributed by atoms with Crippen molar-refractivity contribution in [2.45, 2.75) is 6.92 Å². The molecule has 0 fully saturated rings. The number of hydrazone groups is 1. The lowest BCUT2D eigenvalue weighted by Crippen LogP contribution is -2.04. The predicted molar refractivity (Wildman–Crippen MR) is 115 cm³/mol. The number of halogens is 1. The number of rotatable bonds is 7. The number of nitrogens with zero attached hydrogens (tertiary/aromatic N) is 4. The van der Waals surface area contributed by atoms with Crippen molar-refractivity contribution in [3.8, 4) is 28.5 Å². The van der Waals surface area contributed by atoms with Crippen LogP contribution in [0.1, 0.15) is 12.5 Å². The minimum absolute atomic E-state index is 0.217. The van der Waals surface area contributed by atoms with Gasteiger partial charge in [0.15, 0.2) is 11.5 Å². The first-order chi connectivity index (χ1) is 14.5. The van der Waals surface area contributed by atoms with Crippen LogP contribution in [-0.2, 0) is 4.79 Å². The van der Waals surface area contributed by atoms with Crippen LogP contribution >= 0.6 is 15.9 Å². The second-order valence-electron chi connectivity index (χ2n) is 5.85. The zero-order valence-electron chi connectivity index (χ0n) is 16.4. The lowest BCUT2D eigenvalue weighted by Gasteiger charge is -2.10. The van der Waals surface area contributed by atoms with Crippen LogP contribution in [0.15, 0.2) is 52.2 Å². The molecule has 10 heteroatoms. The van der Waals surface area contributed by atoms with E-state index < -0.39 is 5.97 Å². The number of esters is 1. The zero-order chi connectivity index (χ0) is 21.5. The van der Waals surface area contributed by atoms with Crippen molar-refractivity contribution in [3.05, 3.63) is 52.6 Å². The van der Waals surface area contributed by atoms with Crippen molar-refractivity contribution in [3.63, 3.8) is 0 Å². The van der Waals surface area contributed by atoms with Gasteiger partial charge in [-0.05, 0) is 40.2 Å². The van der Waals surface area contributed by atoms with Crippen LogP contribution in [0.5, 0.6) is 17.2 Å². The number of hydrogen-bond donors (Lipinski definition) is 1. The topological polar surface area (TPSA) is 108 Å². The molecule has 0 bridgehead atoms. The molecule has 154 valence electrons. The molecule has 3 rings (SSSR count). The highest BCUT2D eigenvalue weighted by Gasteiger charge is 2.12. The molecule has 0 aliphatic carbocycles. The molecule has 1 aromatic heterocycles. The minimum Gasteiger partial charge on any atom is -0.496 e. The molecule has 2 aromatic carbocycles. The fourth-order valence-electron chi connectivity index (χ4n) is 2.54. The standard InChI is InChI=1S/C20H18BrN5O4/c1-12(27)30-19-9-15(21)13(8-18(19)29-3)10-22-25-20-24-16(11-23-26-20)14-6-4-5-7-17(14)28-2/h4-11H,1-3H3,(H,24,25,26)/b22-10-. The molecular weight excluding hydrogens is 454 g/mol. The van der Waals surface area contributed by atoms with E-state index in [1.807, 2.05) is 24.3 Å². The largest absolute Gasteiger partial charge is 0.496 e. The number of aromatic nitrogens is 3. The second-order valence-corrected chi connectivity index (χ2v) is 6.71. The van der Waals surface area contributed by atoms with Gasteiger partial charge >= 0.3 is 5.97 Å². The maximum atomic E-state index is 11.2. The third-order valence-electron chi connectivity index (χ3n) is 3.85. The zero-order valence-corrected chi connectivity index (χ0v) is 18.0. The van der Waals surface area contributed by atoms with Crippen LogP contribution < -0.4 is 19.6 Å². The molecular formula is C20H18BrN5O4. The van der Waals surface area contributed by atoms with E-state index in [0.29, 0.717) is 33.0 Å². The fourth-order valence-corrected chi connectivity index (χ4v) is 2.97. The van der Waals surface area contributed by atoms with Crippen LogP contribution in [0, 0.1) is 0 Å². The maximum Gasteiger partial charge on any atom is 0.308 e. The SMILES string of the molecule is COc1cc(/C=N\Nc2nncc(-c3ccccc3OC)n2)c(Br)cc1OC(C)=O. The van der Waals surface area contributed by atoms with Crippen LogP contribution in [0.3, 0.4) is 0 Å². The smallest absolute Gasteiger partial charge is 0.308 e. The van der Waals surface area contributed by atoms with Crippen molar-refractivity contribution < 1.29 is 19.0 Å². The molecule has 3 aromatic rings. The Labute approximate surface area is 181 Å². The van der Waals surface area contributed by atoms with Gasteiger partial charge in [0.25, 0.3) is 5.95 Å². The maximum absolute atomic E-state index is 11.2. The van der Waals surface area contributed by atoms with E-state index in [0.717, 1.165) is 5.56 Å². The van der Waals surface area contributed by atoms with Crippen LogP contribution in [0.2, 0.25) is 0 Å². The highest BCUT2D eigenvalue weighted by molar-refractivity contribution is 9.10. The second kappa shape index (κ2) is 9.79.